The Balaban J connectivity index is 2.10. The molecule has 5 nitrogen and oxygen atoms in total. The predicted octanol–water partition coefficient (Wildman–Crippen LogP) is 1.92. The van der Waals surface area contributed by atoms with Crippen LogP contribution in [0, 0.1) is 0 Å². The Kier molecular flexibility index (Phi) is 3.74. The summed E-state index contributed by atoms with van der Waals surface area (Å²) in [5, 5.41) is 4.87. The highest BCUT2D eigenvalue weighted by molar-refractivity contribution is 6.07. The first-order valence-corrected chi connectivity index (χ1v) is 6.43. The molecule has 0 unspecified atom stereocenters. The highest BCUT2D eigenvalue weighted by Crippen LogP contribution is 2.26. The molecule has 0 bridgehead atoms. The summed E-state index contributed by atoms with van der Waals surface area (Å²) in [6, 6.07) is 6.76. The third kappa shape index (κ3) is 2.70. The molecule has 1 heterocycles. The summed E-state index contributed by atoms with van der Waals surface area (Å²) < 4.78 is 5.56. The summed E-state index contributed by atoms with van der Waals surface area (Å²) in [7, 11) is 0. The van der Waals surface area contributed by atoms with E-state index in [1.54, 1.807) is 19.1 Å². The number of carbonyl (C=O) groups is 2. The van der Waals surface area contributed by atoms with Crippen molar-refractivity contribution < 1.29 is 14.3 Å². The molecule has 1 aromatic carbocycles. The molecule has 2 N–H and O–H groups in total. The first kappa shape index (κ1) is 13.4. The van der Waals surface area contributed by atoms with Crippen LogP contribution in [0.4, 0.5) is 4.79 Å². The van der Waals surface area contributed by atoms with E-state index in [0.29, 0.717) is 6.61 Å². The molecule has 1 fully saturated rings. The third-order valence-corrected chi connectivity index (χ3v) is 3.24. The van der Waals surface area contributed by atoms with Gasteiger partial charge in [-0.1, -0.05) is 25.5 Å². The van der Waals surface area contributed by atoms with Crippen LogP contribution in [-0.2, 0) is 10.3 Å². The molecule has 0 aliphatic carbocycles. The fourth-order valence-electron chi connectivity index (χ4n) is 1.97. The lowest BCUT2D eigenvalue weighted by Crippen LogP contribution is -2.40. The fraction of sp³-hybridized carbons (Fsp3) is 0.429. The largest absolute Gasteiger partial charge is 0.494 e. The van der Waals surface area contributed by atoms with Crippen LogP contribution >= 0.6 is 0 Å². The van der Waals surface area contributed by atoms with Crippen LogP contribution in [0.5, 0.6) is 5.75 Å². The summed E-state index contributed by atoms with van der Waals surface area (Å²) >= 11 is 0. The van der Waals surface area contributed by atoms with Gasteiger partial charge < -0.3 is 10.1 Å². The number of benzene rings is 1. The molecule has 0 radical (unpaired) electrons. The lowest BCUT2D eigenvalue weighted by molar-refractivity contribution is -0.123. The maximum Gasteiger partial charge on any atom is 0.322 e. The minimum Gasteiger partial charge on any atom is -0.494 e. The molecule has 1 aromatic rings. The van der Waals surface area contributed by atoms with Crippen molar-refractivity contribution in [1.82, 2.24) is 10.6 Å². The molecule has 102 valence electrons. The second-order valence-electron chi connectivity index (χ2n) is 4.76. The SMILES string of the molecule is CCCCOc1ccc([C@]2(C)NC(=O)NC2=O)cc1. The Bertz CT molecular complexity index is 484. The van der Waals surface area contributed by atoms with Crippen molar-refractivity contribution in [2.24, 2.45) is 0 Å². The summed E-state index contributed by atoms with van der Waals surface area (Å²) in [6.07, 6.45) is 2.10. The van der Waals surface area contributed by atoms with Gasteiger partial charge in [0.25, 0.3) is 5.91 Å². The fourth-order valence-corrected chi connectivity index (χ4v) is 1.97. The molecular weight excluding hydrogens is 244 g/mol. The maximum absolute atomic E-state index is 11.8. The predicted molar refractivity (Wildman–Crippen MR) is 70.9 cm³/mol. The average molecular weight is 262 g/mol. The molecule has 0 saturated carbocycles. The van der Waals surface area contributed by atoms with Gasteiger partial charge in [0.05, 0.1) is 6.61 Å². The molecule has 1 aliphatic rings. The Morgan fingerprint density at radius 3 is 2.42 bits per heavy atom. The van der Waals surface area contributed by atoms with E-state index in [1.807, 2.05) is 12.1 Å². The van der Waals surface area contributed by atoms with Crippen LogP contribution in [0.15, 0.2) is 24.3 Å². The van der Waals surface area contributed by atoms with Gasteiger partial charge in [-0.3, -0.25) is 10.1 Å². The monoisotopic (exact) mass is 262 g/mol. The van der Waals surface area contributed by atoms with Gasteiger partial charge in [-0.25, -0.2) is 4.79 Å². The van der Waals surface area contributed by atoms with Gasteiger partial charge in [0.1, 0.15) is 11.3 Å². The zero-order chi connectivity index (χ0) is 13.9. The molecule has 1 saturated heterocycles. The van der Waals surface area contributed by atoms with E-state index >= 15 is 0 Å². The average Bonchev–Trinajstić information content (AvgIpc) is 2.65. The van der Waals surface area contributed by atoms with Crippen molar-refractivity contribution in [3.05, 3.63) is 29.8 Å². The van der Waals surface area contributed by atoms with E-state index in [0.717, 1.165) is 24.2 Å². The van der Waals surface area contributed by atoms with E-state index in [-0.39, 0.29) is 5.91 Å². The topological polar surface area (TPSA) is 67.4 Å². The zero-order valence-electron chi connectivity index (χ0n) is 11.2. The van der Waals surface area contributed by atoms with Crippen LogP contribution in [0.25, 0.3) is 0 Å². The van der Waals surface area contributed by atoms with E-state index < -0.39 is 11.6 Å². The van der Waals surface area contributed by atoms with Crippen LogP contribution in [0.2, 0.25) is 0 Å². The second-order valence-corrected chi connectivity index (χ2v) is 4.76. The van der Waals surface area contributed by atoms with Crippen molar-refractivity contribution in [3.63, 3.8) is 0 Å². The Hall–Kier alpha value is -2.04. The molecule has 19 heavy (non-hydrogen) atoms. The van der Waals surface area contributed by atoms with Crippen molar-refractivity contribution in [1.29, 1.82) is 0 Å². The molecule has 0 aromatic heterocycles. The number of hydrogen-bond donors (Lipinski definition) is 2. The Labute approximate surface area is 112 Å². The Morgan fingerprint density at radius 1 is 1.21 bits per heavy atom. The highest BCUT2D eigenvalue weighted by atomic mass is 16.5. The maximum atomic E-state index is 11.8. The van der Waals surface area contributed by atoms with E-state index in [9.17, 15) is 9.59 Å². The lowest BCUT2D eigenvalue weighted by Gasteiger charge is -2.21. The number of hydrogen-bond acceptors (Lipinski definition) is 3. The van der Waals surface area contributed by atoms with Gasteiger partial charge in [-0.15, -0.1) is 0 Å². The van der Waals surface area contributed by atoms with Gasteiger partial charge in [0.2, 0.25) is 0 Å². The lowest BCUT2D eigenvalue weighted by atomic mass is 9.92. The van der Waals surface area contributed by atoms with Crippen molar-refractivity contribution in [2.45, 2.75) is 32.2 Å². The van der Waals surface area contributed by atoms with Gasteiger partial charge in [0.15, 0.2) is 0 Å². The highest BCUT2D eigenvalue weighted by Gasteiger charge is 2.43. The van der Waals surface area contributed by atoms with Gasteiger partial charge in [-0.2, -0.15) is 0 Å². The van der Waals surface area contributed by atoms with Crippen LogP contribution in [0.3, 0.4) is 0 Å². The molecule has 1 aliphatic heterocycles. The van der Waals surface area contributed by atoms with Gasteiger partial charge in [0, 0.05) is 0 Å². The third-order valence-electron chi connectivity index (χ3n) is 3.24. The van der Waals surface area contributed by atoms with E-state index in [2.05, 4.69) is 17.6 Å². The Morgan fingerprint density at radius 2 is 1.89 bits per heavy atom. The smallest absolute Gasteiger partial charge is 0.322 e. The molecule has 3 amide bonds. The van der Waals surface area contributed by atoms with Crippen molar-refractivity contribution >= 4 is 11.9 Å². The second kappa shape index (κ2) is 5.30. The number of amides is 3. The van der Waals surface area contributed by atoms with E-state index in [4.69, 9.17) is 4.74 Å². The molecular formula is C14H18N2O3. The molecule has 5 heteroatoms. The number of urea groups is 1. The van der Waals surface area contributed by atoms with Crippen molar-refractivity contribution in [2.75, 3.05) is 6.61 Å². The van der Waals surface area contributed by atoms with Crippen molar-refractivity contribution in [3.8, 4) is 5.75 Å². The first-order chi connectivity index (χ1) is 9.06. The molecule has 2 rings (SSSR count). The summed E-state index contributed by atoms with van der Waals surface area (Å²) in [5.41, 5.74) is -0.266. The number of carbonyl (C=O) groups excluding carboxylic acids is 2. The first-order valence-electron chi connectivity index (χ1n) is 6.43. The zero-order valence-corrected chi connectivity index (χ0v) is 11.2. The van der Waals surface area contributed by atoms with E-state index in [1.165, 1.54) is 0 Å². The van der Waals surface area contributed by atoms with Gasteiger partial charge in [-0.05, 0) is 31.0 Å². The number of unbranched alkanes of at least 4 members (excludes halogenated alkanes) is 1. The summed E-state index contributed by atoms with van der Waals surface area (Å²) in [6.45, 7) is 4.47. The number of ether oxygens (including phenoxy) is 1. The number of rotatable bonds is 5. The normalized spacial score (nSPS) is 22.0. The summed E-state index contributed by atoms with van der Waals surface area (Å²) in [5.74, 6) is 0.433. The minimum atomic E-state index is -1.00. The van der Waals surface area contributed by atoms with Gasteiger partial charge >= 0.3 is 6.03 Å². The quantitative estimate of drug-likeness (QED) is 0.629. The molecule has 0 spiro atoms. The molecule has 1 atom stereocenters. The standard InChI is InChI=1S/C14H18N2O3/c1-3-4-9-19-11-7-5-10(6-8-11)14(2)12(17)15-13(18)16-14/h5-8H,3-4,9H2,1-2H3,(H2,15,16,17,18)/t14-/m0/s1. The summed E-state index contributed by atoms with van der Waals surface area (Å²) in [4.78, 5) is 23.0. The van der Waals surface area contributed by atoms with Crippen LogP contribution in [-0.4, -0.2) is 18.5 Å². The number of imide groups is 1. The van der Waals surface area contributed by atoms with Crippen LogP contribution in [0.1, 0.15) is 32.3 Å². The number of nitrogens with one attached hydrogen (secondary N) is 2. The van der Waals surface area contributed by atoms with Crippen LogP contribution < -0.4 is 15.4 Å². The minimum absolute atomic E-state index is 0.336.